The van der Waals surface area contributed by atoms with Crippen LogP contribution in [0.3, 0.4) is 0 Å². The Hall–Kier alpha value is -2.14. The quantitative estimate of drug-likeness (QED) is 0.876. The summed E-state index contributed by atoms with van der Waals surface area (Å²) in [6.07, 6.45) is 5.36. The molecule has 0 aliphatic rings. The highest BCUT2D eigenvalue weighted by Crippen LogP contribution is 2.12. The van der Waals surface area contributed by atoms with Crippen molar-refractivity contribution in [3.05, 3.63) is 43.0 Å². The molecule has 0 atom stereocenters. The molecular formula is C15H20N4O. The van der Waals surface area contributed by atoms with Gasteiger partial charge in [-0.05, 0) is 37.4 Å². The Balaban J connectivity index is 1.95. The molecule has 2 rings (SSSR count). The number of anilines is 1. The van der Waals surface area contributed by atoms with Gasteiger partial charge in [0, 0.05) is 23.8 Å². The van der Waals surface area contributed by atoms with E-state index in [2.05, 4.69) is 29.0 Å². The van der Waals surface area contributed by atoms with E-state index in [0.29, 0.717) is 6.54 Å². The van der Waals surface area contributed by atoms with Crippen LogP contribution in [0, 0.1) is 0 Å². The van der Waals surface area contributed by atoms with E-state index in [0.717, 1.165) is 24.5 Å². The maximum absolute atomic E-state index is 11.9. The van der Waals surface area contributed by atoms with E-state index in [1.54, 1.807) is 12.5 Å². The van der Waals surface area contributed by atoms with Crippen LogP contribution < -0.4 is 5.32 Å². The third kappa shape index (κ3) is 3.68. The van der Waals surface area contributed by atoms with Gasteiger partial charge in [0.25, 0.3) is 0 Å². The van der Waals surface area contributed by atoms with Gasteiger partial charge in [0.15, 0.2) is 0 Å². The van der Waals surface area contributed by atoms with Gasteiger partial charge in [-0.2, -0.15) is 0 Å². The predicted molar refractivity (Wildman–Crippen MR) is 80.0 cm³/mol. The van der Waals surface area contributed by atoms with E-state index in [1.807, 2.05) is 35.0 Å². The summed E-state index contributed by atoms with van der Waals surface area (Å²) in [6.45, 7) is 6.29. The van der Waals surface area contributed by atoms with Crippen LogP contribution in [0.25, 0.3) is 5.69 Å². The van der Waals surface area contributed by atoms with Crippen molar-refractivity contribution in [1.29, 1.82) is 0 Å². The van der Waals surface area contributed by atoms with Crippen molar-refractivity contribution in [2.75, 3.05) is 25.0 Å². The molecule has 0 unspecified atom stereocenters. The fraction of sp³-hybridized carbons (Fsp3) is 0.333. The molecule has 20 heavy (non-hydrogen) atoms. The van der Waals surface area contributed by atoms with Crippen molar-refractivity contribution < 1.29 is 4.79 Å². The number of rotatable bonds is 6. The Kier molecular flexibility index (Phi) is 4.90. The average Bonchev–Trinajstić information content (AvgIpc) is 2.99. The maximum Gasteiger partial charge on any atom is 0.238 e. The van der Waals surface area contributed by atoms with E-state index in [1.165, 1.54) is 0 Å². The highest BCUT2D eigenvalue weighted by Gasteiger charge is 2.07. The number of aromatic nitrogens is 2. The molecule has 0 saturated heterocycles. The van der Waals surface area contributed by atoms with E-state index in [-0.39, 0.29) is 5.91 Å². The number of carbonyl (C=O) groups is 1. The van der Waals surface area contributed by atoms with Crippen molar-refractivity contribution >= 4 is 11.6 Å². The largest absolute Gasteiger partial charge is 0.325 e. The van der Waals surface area contributed by atoms with Crippen LogP contribution in [0.15, 0.2) is 43.0 Å². The zero-order valence-corrected chi connectivity index (χ0v) is 11.9. The number of nitrogens with one attached hydrogen (secondary N) is 1. The second-order valence-electron chi connectivity index (χ2n) is 4.53. The minimum Gasteiger partial charge on any atom is -0.325 e. The van der Waals surface area contributed by atoms with Crippen LogP contribution >= 0.6 is 0 Å². The summed E-state index contributed by atoms with van der Waals surface area (Å²) in [7, 11) is 0. The molecule has 0 aliphatic carbocycles. The molecule has 0 fully saturated rings. The first kappa shape index (κ1) is 14.3. The van der Waals surface area contributed by atoms with Crippen molar-refractivity contribution in [1.82, 2.24) is 14.5 Å². The Morgan fingerprint density at radius 1 is 1.25 bits per heavy atom. The minimum absolute atomic E-state index is 0.0177. The molecule has 2 aromatic rings. The number of imidazole rings is 1. The first-order valence-electron chi connectivity index (χ1n) is 6.83. The summed E-state index contributed by atoms with van der Waals surface area (Å²) < 4.78 is 1.92. The smallest absolute Gasteiger partial charge is 0.238 e. The molecule has 1 amide bonds. The lowest BCUT2D eigenvalue weighted by molar-refractivity contribution is -0.117. The standard InChI is InChI=1S/C15H20N4O/c1-3-18(4-2)11-15(20)17-13-5-7-14(8-6-13)19-10-9-16-12-19/h5-10,12H,3-4,11H2,1-2H3,(H,17,20). The molecule has 5 nitrogen and oxygen atoms in total. The van der Waals surface area contributed by atoms with Crippen LogP contribution in [0.2, 0.25) is 0 Å². The first-order chi connectivity index (χ1) is 9.72. The summed E-state index contributed by atoms with van der Waals surface area (Å²) in [5.41, 5.74) is 1.83. The lowest BCUT2D eigenvalue weighted by Crippen LogP contribution is -2.32. The van der Waals surface area contributed by atoms with E-state index in [9.17, 15) is 4.79 Å². The number of hydrogen-bond acceptors (Lipinski definition) is 3. The van der Waals surface area contributed by atoms with Crippen molar-refractivity contribution in [2.45, 2.75) is 13.8 Å². The van der Waals surface area contributed by atoms with E-state index in [4.69, 9.17) is 0 Å². The number of amides is 1. The van der Waals surface area contributed by atoms with Gasteiger partial charge in [0.05, 0.1) is 12.9 Å². The first-order valence-corrected chi connectivity index (χ1v) is 6.83. The van der Waals surface area contributed by atoms with Gasteiger partial charge in [0.2, 0.25) is 5.91 Å². The summed E-state index contributed by atoms with van der Waals surface area (Å²) in [5.74, 6) is 0.0177. The molecule has 1 heterocycles. The zero-order chi connectivity index (χ0) is 14.4. The van der Waals surface area contributed by atoms with Gasteiger partial charge < -0.3 is 9.88 Å². The molecule has 0 aliphatic heterocycles. The molecule has 5 heteroatoms. The van der Waals surface area contributed by atoms with Crippen molar-refractivity contribution in [3.63, 3.8) is 0 Å². The Morgan fingerprint density at radius 2 is 1.95 bits per heavy atom. The Labute approximate surface area is 119 Å². The van der Waals surface area contributed by atoms with Crippen molar-refractivity contribution in [3.8, 4) is 5.69 Å². The monoisotopic (exact) mass is 272 g/mol. The Morgan fingerprint density at radius 3 is 2.50 bits per heavy atom. The minimum atomic E-state index is 0.0177. The van der Waals surface area contributed by atoms with E-state index < -0.39 is 0 Å². The summed E-state index contributed by atoms with van der Waals surface area (Å²) in [6, 6.07) is 7.70. The van der Waals surface area contributed by atoms with Crippen LogP contribution in [-0.2, 0) is 4.79 Å². The third-order valence-electron chi connectivity index (χ3n) is 3.22. The van der Waals surface area contributed by atoms with Gasteiger partial charge in [0.1, 0.15) is 0 Å². The van der Waals surface area contributed by atoms with Gasteiger partial charge >= 0.3 is 0 Å². The predicted octanol–water partition coefficient (Wildman–Crippen LogP) is 2.15. The second-order valence-corrected chi connectivity index (χ2v) is 4.53. The molecule has 1 N–H and O–H groups in total. The molecule has 0 spiro atoms. The highest BCUT2D eigenvalue weighted by molar-refractivity contribution is 5.92. The molecule has 1 aromatic carbocycles. The number of nitrogens with zero attached hydrogens (tertiary/aromatic N) is 3. The van der Waals surface area contributed by atoms with Crippen LogP contribution in [-0.4, -0.2) is 40.0 Å². The molecule has 0 radical (unpaired) electrons. The van der Waals surface area contributed by atoms with E-state index >= 15 is 0 Å². The summed E-state index contributed by atoms with van der Waals surface area (Å²) in [4.78, 5) is 18.0. The fourth-order valence-corrected chi connectivity index (χ4v) is 1.98. The lowest BCUT2D eigenvalue weighted by atomic mass is 10.2. The topological polar surface area (TPSA) is 50.2 Å². The number of likely N-dealkylation sites (N-methyl/N-ethyl adjacent to an activating group) is 1. The van der Waals surface area contributed by atoms with Gasteiger partial charge in [-0.15, -0.1) is 0 Å². The van der Waals surface area contributed by atoms with Crippen molar-refractivity contribution in [2.24, 2.45) is 0 Å². The maximum atomic E-state index is 11.9. The number of benzene rings is 1. The summed E-state index contributed by atoms with van der Waals surface area (Å²) >= 11 is 0. The zero-order valence-electron chi connectivity index (χ0n) is 11.9. The average molecular weight is 272 g/mol. The fourth-order valence-electron chi connectivity index (χ4n) is 1.98. The lowest BCUT2D eigenvalue weighted by Gasteiger charge is -2.17. The van der Waals surface area contributed by atoms with Gasteiger partial charge in [-0.25, -0.2) is 4.98 Å². The molecule has 0 saturated carbocycles. The molecule has 106 valence electrons. The second kappa shape index (κ2) is 6.86. The SMILES string of the molecule is CCN(CC)CC(=O)Nc1ccc(-n2ccnc2)cc1. The van der Waals surface area contributed by atoms with Crippen LogP contribution in [0.4, 0.5) is 5.69 Å². The number of hydrogen-bond donors (Lipinski definition) is 1. The van der Waals surface area contributed by atoms with Crippen LogP contribution in [0.1, 0.15) is 13.8 Å². The third-order valence-corrected chi connectivity index (χ3v) is 3.22. The van der Waals surface area contributed by atoms with Gasteiger partial charge in [-0.3, -0.25) is 9.69 Å². The molecule has 0 bridgehead atoms. The molecular weight excluding hydrogens is 252 g/mol. The van der Waals surface area contributed by atoms with Crippen LogP contribution in [0.5, 0.6) is 0 Å². The summed E-state index contributed by atoms with van der Waals surface area (Å²) in [5, 5.41) is 2.91. The molecule has 1 aromatic heterocycles. The van der Waals surface area contributed by atoms with Gasteiger partial charge in [-0.1, -0.05) is 13.8 Å². The number of carbonyl (C=O) groups excluding carboxylic acids is 1. The Bertz CT molecular complexity index is 530. The highest BCUT2D eigenvalue weighted by atomic mass is 16.2. The normalized spacial score (nSPS) is 10.8.